The smallest absolute Gasteiger partial charge is 0 e. The van der Waals surface area contributed by atoms with Crippen LogP contribution < -0.4 is 0 Å². The minimum Gasteiger partial charge on any atom is 0 e. The van der Waals surface area contributed by atoms with Crippen LogP contribution in [0.5, 0.6) is 0 Å². The first kappa shape index (κ1) is 31.8. The van der Waals surface area contributed by atoms with E-state index in [9.17, 15) is 0 Å². The first-order valence-corrected chi connectivity index (χ1v) is 0. The van der Waals surface area contributed by atoms with Crippen molar-refractivity contribution >= 4 is 62.6 Å². The standard InChI is InChI=1S/Ca.2ClH.Zn.2H/h;2*1H;;;. The molecule has 22 valence electrons. The van der Waals surface area contributed by atoms with Crippen LogP contribution >= 0.6 is 24.8 Å². The van der Waals surface area contributed by atoms with Crippen molar-refractivity contribution in [3.05, 3.63) is 0 Å². The van der Waals surface area contributed by atoms with Gasteiger partial charge >= 0.3 is 37.7 Å². The zero-order chi connectivity index (χ0) is 0. The molecule has 0 N–H and O–H groups in total. The molecule has 0 aromatic heterocycles. The Morgan fingerprint density at radius 1 is 0.750 bits per heavy atom. The van der Waals surface area contributed by atoms with E-state index in [0.717, 1.165) is 0 Å². The molecule has 0 nitrogen and oxygen atoms in total. The molecule has 0 aromatic rings. The predicted octanol–water partition coefficient (Wildman–Crippen LogP) is -0.0751. The molecule has 4 heteroatoms. The zero-order valence-electron chi connectivity index (χ0n) is 1.52. The van der Waals surface area contributed by atoms with Gasteiger partial charge in [0.15, 0.2) is 0 Å². The van der Waals surface area contributed by atoms with E-state index in [0.29, 0.717) is 0 Å². The molecule has 0 rings (SSSR count). The van der Waals surface area contributed by atoms with E-state index in [4.69, 9.17) is 0 Å². The van der Waals surface area contributed by atoms with Gasteiger partial charge in [-0.2, -0.15) is 0 Å². The molecule has 0 spiro atoms. The number of hydrogen-bond donors (Lipinski definition) is 0. The first-order valence-electron chi connectivity index (χ1n) is 0. The van der Waals surface area contributed by atoms with E-state index < -0.39 is 0 Å². The SMILES string of the molecule is Cl.Cl.[CaH2].[Zn]. The Bertz CT molecular complexity index is 6.00. The molecule has 0 saturated heterocycles. The normalized spacial score (nSPS) is 0. The molecule has 0 aliphatic carbocycles. The summed E-state index contributed by atoms with van der Waals surface area (Å²) in [5.74, 6) is 0. The van der Waals surface area contributed by atoms with Crippen LogP contribution in [-0.4, -0.2) is 37.7 Å². The van der Waals surface area contributed by atoms with Crippen molar-refractivity contribution in [3.63, 3.8) is 0 Å². The zero-order valence-corrected chi connectivity index (χ0v) is 6.12. The van der Waals surface area contributed by atoms with Crippen LogP contribution in [0.1, 0.15) is 0 Å². The molecule has 0 heterocycles. The van der Waals surface area contributed by atoms with Crippen LogP contribution in [0.25, 0.3) is 0 Å². The Morgan fingerprint density at radius 3 is 0.750 bits per heavy atom. The molecule has 0 atom stereocenters. The minimum atomic E-state index is 0. The second kappa shape index (κ2) is 17.9. The Hall–Kier alpha value is 2.46. The third-order valence-electron chi connectivity index (χ3n) is 0. The van der Waals surface area contributed by atoms with Gasteiger partial charge in [0.1, 0.15) is 0 Å². The molecule has 0 aliphatic heterocycles. The minimum absolute atomic E-state index is 0. The van der Waals surface area contributed by atoms with E-state index >= 15 is 0 Å². The molecule has 0 fully saturated rings. The summed E-state index contributed by atoms with van der Waals surface area (Å²) >= 11 is 0. The Kier molecular flexibility index (Phi) is 143. The van der Waals surface area contributed by atoms with Gasteiger partial charge in [0, 0.05) is 19.5 Å². The second-order valence-electron chi connectivity index (χ2n) is 0. The number of hydrogen-bond acceptors (Lipinski definition) is 0. The van der Waals surface area contributed by atoms with Crippen molar-refractivity contribution in [2.75, 3.05) is 0 Å². The predicted molar refractivity (Wildman–Crippen MR) is 23.0 cm³/mol. The van der Waals surface area contributed by atoms with Gasteiger partial charge in [-0.25, -0.2) is 0 Å². The summed E-state index contributed by atoms with van der Waals surface area (Å²) in [6.45, 7) is 0. The fourth-order valence-electron chi connectivity index (χ4n) is 0. The quantitative estimate of drug-likeness (QED) is 0.458. The maximum Gasteiger partial charge on any atom is 0 e. The van der Waals surface area contributed by atoms with Crippen molar-refractivity contribution in [2.24, 2.45) is 0 Å². The maximum atomic E-state index is 0. The van der Waals surface area contributed by atoms with Crippen molar-refractivity contribution in [2.45, 2.75) is 0 Å². The van der Waals surface area contributed by atoms with E-state index in [1.807, 2.05) is 0 Å². The summed E-state index contributed by atoms with van der Waals surface area (Å²) in [5.41, 5.74) is 0. The second-order valence-corrected chi connectivity index (χ2v) is 0. The number of halogens is 2. The molecule has 0 saturated carbocycles. The van der Waals surface area contributed by atoms with Crippen molar-refractivity contribution in [3.8, 4) is 0 Å². The third kappa shape index (κ3) is 8.82. The van der Waals surface area contributed by atoms with Gasteiger partial charge in [-0.1, -0.05) is 0 Å². The summed E-state index contributed by atoms with van der Waals surface area (Å²) in [5, 5.41) is 0. The molecule has 0 unspecified atom stereocenters. The molecular formula is H4CaCl2Zn. The monoisotopic (exact) mass is 178 g/mol. The average molecular weight is 180 g/mol. The van der Waals surface area contributed by atoms with Crippen molar-refractivity contribution in [1.82, 2.24) is 0 Å². The maximum absolute atomic E-state index is 0. The average Bonchev–Trinajstić information content (AvgIpc) is 0. The Morgan fingerprint density at radius 2 is 0.750 bits per heavy atom. The molecule has 0 aliphatic rings. The molecule has 0 bridgehead atoms. The van der Waals surface area contributed by atoms with Gasteiger partial charge < -0.3 is 0 Å². The van der Waals surface area contributed by atoms with Crippen molar-refractivity contribution in [1.29, 1.82) is 0 Å². The van der Waals surface area contributed by atoms with Gasteiger partial charge in [-0.15, -0.1) is 24.8 Å². The summed E-state index contributed by atoms with van der Waals surface area (Å²) < 4.78 is 0. The van der Waals surface area contributed by atoms with Crippen molar-refractivity contribution < 1.29 is 19.5 Å². The fourth-order valence-corrected chi connectivity index (χ4v) is 0. The van der Waals surface area contributed by atoms with Gasteiger partial charge in [0.05, 0.1) is 0 Å². The van der Waals surface area contributed by atoms with Gasteiger partial charge in [-0.05, 0) is 0 Å². The third-order valence-corrected chi connectivity index (χ3v) is 0. The molecule has 0 amide bonds. The van der Waals surface area contributed by atoms with Crippen LogP contribution in [0.2, 0.25) is 0 Å². The topological polar surface area (TPSA) is 0 Å². The van der Waals surface area contributed by atoms with E-state index in [-0.39, 0.29) is 82.0 Å². The van der Waals surface area contributed by atoms with Crippen LogP contribution in [-0.2, 0) is 19.5 Å². The first-order chi connectivity index (χ1) is 0. The molecular weight excluding hydrogens is 176 g/mol. The van der Waals surface area contributed by atoms with E-state index in [2.05, 4.69) is 0 Å². The summed E-state index contributed by atoms with van der Waals surface area (Å²) in [6, 6.07) is 0. The van der Waals surface area contributed by atoms with Crippen LogP contribution in [0, 0.1) is 0 Å². The van der Waals surface area contributed by atoms with Crippen LogP contribution in [0.4, 0.5) is 0 Å². The van der Waals surface area contributed by atoms with Gasteiger partial charge in [0.2, 0.25) is 0 Å². The Labute approximate surface area is 80.7 Å². The molecule has 4 heavy (non-hydrogen) atoms. The molecule has 0 aromatic carbocycles. The largest absolute Gasteiger partial charge is 0 e. The summed E-state index contributed by atoms with van der Waals surface area (Å²) in [6.07, 6.45) is 0. The van der Waals surface area contributed by atoms with E-state index in [1.54, 1.807) is 0 Å². The van der Waals surface area contributed by atoms with Crippen LogP contribution in [0.3, 0.4) is 0 Å². The fraction of sp³-hybridized carbons (Fsp3) is 0. The van der Waals surface area contributed by atoms with E-state index in [1.165, 1.54) is 0 Å². The molecule has 0 radical (unpaired) electrons. The summed E-state index contributed by atoms with van der Waals surface area (Å²) in [4.78, 5) is 0. The van der Waals surface area contributed by atoms with Gasteiger partial charge in [-0.3, -0.25) is 0 Å². The van der Waals surface area contributed by atoms with Crippen LogP contribution in [0.15, 0.2) is 0 Å². The number of rotatable bonds is 0. The summed E-state index contributed by atoms with van der Waals surface area (Å²) in [7, 11) is 0. The Balaban J connectivity index is 0. The van der Waals surface area contributed by atoms with Gasteiger partial charge in [0.25, 0.3) is 0 Å².